The summed E-state index contributed by atoms with van der Waals surface area (Å²) in [5.41, 5.74) is 1.25. The molecule has 0 bridgehead atoms. The number of anilines is 4. The molecule has 3 aromatic rings. The van der Waals surface area contributed by atoms with Gasteiger partial charge in [0, 0.05) is 31.9 Å². The molecular formula is C20H20F2N6O2S. The Morgan fingerprint density at radius 3 is 2.35 bits per heavy atom. The van der Waals surface area contributed by atoms with Gasteiger partial charge in [0.15, 0.2) is 5.82 Å². The van der Waals surface area contributed by atoms with E-state index in [0.717, 1.165) is 0 Å². The van der Waals surface area contributed by atoms with Gasteiger partial charge in [0.05, 0.1) is 22.8 Å². The number of rotatable bonds is 4. The van der Waals surface area contributed by atoms with E-state index in [0.29, 0.717) is 23.7 Å². The predicted octanol–water partition coefficient (Wildman–Crippen LogP) is 2.77. The van der Waals surface area contributed by atoms with Crippen LogP contribution in [0.15, 0.2) is 53.6 Å². The molecule has 0 spiro atoms. The lowest BCUT2D eigenvalue weighted by Crippen LogP contribution is -2.41. The van der Waals surface area contributed by atoms with E-state index >= 15 is 0 Å². The molecular weight excluding hydrogens is 426 g/mol. The van der Waals surface area contributed by atoms with Crippen LogP contribution in [0.1, 0.15) is 11.6 Å². The first-order valence-electron chi connectivity index (χ1n) is 9.30. The summed E-state index contributed by atoms with van der Waals surface area (Å²) in [5.74, 6) is -0.482. The highest BCUT2D eigenvalue weighted by Gasteiger charge is 2.33. The Balaban J connectivity index is 1.65. The minimum absolute atomic E-state index is 0.0134. The molecule has 1 aromatic heterocycles. The van der Waals surface area contributed by atoms with E-state index in [-0.39, 0.29) is 16.4 Å². The Labute approximate surface area is 178 Å². The molecule has 3 N–H and O–H groups in total. The molecule has 1 atom stereocenters. The van der Waals surface area contributed by atoms with Crippen LogP contribution in [0.25, 0.3) is 0 Å². The molecule has 4 rings (SSSR count). The van der Waals surface area contributed by atoms with Crippen LogP contribution in [0.3, 0.4) is 0 Å². The molecule has 11 heteroatoms. The van der Waals surface area contributed by atoms with Gasteiger partial charge in [-0.3, -0.25) is 0 Å². The van der Waals surface area contributed by atoms with E-state index in [1.807, 2.05) is 4.90 Å². The number of likely N-dealkylation sites (N-methyl/N-ethyl adjacent to an activating group) is 2. The van der Waals surface area contributed by atoms with Crippen LogP contribution in [0.5, 0.6) is 0 Å². The van der Waals surface area contributed by atoms with Crippen molar-refractivity contribution in [1.29, 1.82) is 0 Å². The zero-order valence-electron chi connectivity index (χ0n) is 16.8. The highest BCUT2D eigenvalue weighted by atomic mass is 32.2. The summed E-state index contributed by atoms with van der Waals surface area (Å²) in [5, 5.41) is 8.10. The maximum absolute atomic E-state index is 14.4. The summed E-state index contributed by atoms with van der Waals surface area (Å²) < 4.78 is 51.6. The molecule has 0 saturated heterocycles. The standard InChI is InChI=1S/C20H20F2N6O2S/c1-27-11-17(18-14(21)4-3-5-15(18)22)28(2)19-16(27)10-24-20(26-19)25-12-6-8-13(9-7-12)31(23,29)30/h3-10,17H,11H2,1-2H3,(H2,23,29,30)(H,24,25,26)/t17-/m1/s1. The van der Waals surface area contributed by atoms with Crippen LogP contribution in [0.4, 0.5) is 31.9 Å². The first-order chi connectivity index (χ1) is 14.6. The van der Waals surface area contributed by atoms with Crippen LogP contribution < -0.4 is 20.3 Å². The lowest BCUT2D eigenvalue weighted by Gasteiger charge is -2.40. The predicted molar refractivity (Wildman–Crippen MR) is 114 cm³/mol. The number of hydrogen-bond acceptors (Lipinski definition) is 7. The Bertz CT molecular complexity index is 1220. The van der Waals surface area contributed by atoms with Crippen LogP contribution in [0, 0.1) is 11.6 Å². The number of hydrogen-bond donors (Lipinski definition) is 2. The highest BCUT2D eigenvalue weighted by Crippen LogP contribution is 2.39. The smallest absolute Gasteiger partial charge is 0.238 e. The molecule has 0 saturated carbocycles. The quantitative estimate of drug-likeness (QED) is 0.635. The van der Waals surface area contributed by atoms with Gasteiger partial charge < -0.3 is 15.1 Å². The Morgan fingerprint density at radius 2 is 1.74 bits per heavy atom. The number of benzene rings is 2. The third-order valence-corrected chi connectivity index (χ3v) is 6.11. The highest BCUT2D eigenvalue weighted by molar-refractivity contribution is 7.89. The topological polar surface area (TPSA) is 104 Å². The van der Waals surface area contributed by atoms with E-state index in [4.69, 9.17) is 5.14 Å². The third kappa shape index (κ3) is 4.01. The van der Waals surface area contributed by atoms with Crippen molar-refractivity contribution in [2.45, 2.75) is 10.9 Å². The van der Waals surface area contributed by atoms with Gasteiger partial charge in [0.25, 0.3) is 0 Å². The van der Waals surface area contributed by atoms with Crippen LogP contribution in [-0.4, -0.2) is 39.0 Å². The zero-order chi connectivity index (χ0) is 22.3. The molecule has 0 radical (unpaired) electrons. The number of nitrogens with one attached hydrogen (secondary N) is 1. The average molecular weight is 446 g/mol. The minimum atomic E-state index is -3.79. The maximum atomic E-state index is 14.4. The molecule has 31 heavy (non-hydrogen) atoms. The van der Waals surface area contributed by atoms with E-state index in [2.05, 4.69) is 15.3 Å². The maximum Gasteiger partial charge on any atom is 0.238 e. The van der Waals surface area contributed by atoms with Crippen molar-refractivity contribution in [3.63, 3.8) is 0 Å². The van der Waals surface area contributed by atoms with E-state index < -0.39 is 27.7 Å². The molecule has 0 aliphatic carbocycles. The molecule has 1 aliphatic heterocycles. The Kier molecular flexibility index (Phi) is 5.23. The number of aromatic nitrogens is 2. The summed E-state index contributed by atoms with van der Waals surface area (Å²) in [4.78, 5) is 12.4. The summed E-state index contributed by atoms with van der Waals surface area (Å²) in [7, 11) is -0.262. The monoisotopic (exact) mass is 446 g/mol. The van der Waals surface area contributed by atoms with E-state index in [1.165, 1.54) is 42.5 Å². The van der Waals surface area contributed by atoms with Gasteiger partial charge in [-0.1, -0.05) is 6.07 Å². The van der Waals surface area contributed by atoms with Gasteiger partial charge in [-0.25, -0.2) is 27.3 Å². The van der Waals surface area contributed by atoms with Gasteiger partial charge >= 0.3 is 0 Å². The van der Waals surface area contributed by atoms with Crippen LogP contribution in [-0.2, 0) is 10.0 Å². The van der Waals surface area contributed by atoms with Gasteiger partial charge in [0.2, 0.25) is 16.0 Å². The van der Waals surface area contributed by atoms with Crippen molar-refractivity contribution >= 4 is 33.2 Å². The number of sulfonamides is 1. The van der Waals surface area contributed by atoms with Crippen molar-refractivity contribution in [2.75, 3.05) is 35.8 Å². The van der Waals surface area contributed by atoms with Crippen molar-refractivity contribution in [1.82, 2.24) is 9.97 Å². The van der Waals surface area contributed by atoms with Gasteiger partial charge in [-0.05, 0) is 36.4 Å². The minimum Gasteiger partial charge on any atom is -0.368 e. The van der Waals surface area contributed by atoms with Crippen molar-refractivity contribution < 1.29 is 17.2 Å². The number of fused-ring (bicyclic) bond motifs is 1. The number of halogens is 2. The normalized spacial score (nSPS) is 16.2. The average Bonchev–Trinajstić information content (AvgIpc) is 2.71. The fourth-order valence-corrected chi connectivity index (χ4v) is 4.07. The summed E-state index contributed by atoms with van der Waals surface area (Å²) in [6, 6.07) is 9.03. The van der Waals surface area contributed by atoms with Crippen LogP contribution in [0.2, 0.25) is 0 Å². The first kappa shape index (κ1) is 20.9. The SMILES string of the molecule is CN1C[C@H](c2c(F)cccc2F)N(C)c2nc(Nc3ccc(S(N)(=O)=O)cc3)ncc21. The van der Waals surface area contributed by atoms with Crippen molar-refractivity contribution in [2.24, 2.45) is 5.14 Å². The lowest BCUT2D eigenvalue weighted by molar-refractivity contribution is 0.508. The molecule has 0 unspecified atom stereocenters. The van der Waals surface area contributed by atoms with E-state index in [1.54, 1.807) is 25.2 Å². The summed E-state index contributed by atoms with van der Waals surface area (Å²) >= 11 is 0. The molecule has 8 nitrogen and oxygen atoms in total. The second-order valence-corrected chi connectivity index (χ2v) is 8.80. The van der Waals surface area contributed by atoms with Crippen molar-refractivity contribution in [3.05, 3.63) is 65.9 Å². The fraction of sp³-hybridized carbons (Fsp3) is 0.200. The largest absolute Gasteiger partial charge is 0.368 e. The molecule has 0 fully saturated rings. The van der Waals surface area contributed by atoms with Crippen molar-refractivity contribution in [3.8, 4) is 0 Å². The lowest BCUT2D eigenvalue weighted by atomic mass is 10.0. The summed E-state index contributed by atoms with van der Waals surface area (Å²) in [6.07, 6.45) is 1.62. The third-order valence-electron chi connectivity index (χ3n) is 5.18. The van der Waals surface area contributed by atoms with Gasteiger partial charge in [-0.15, -0.1) is 0 Å². The molecule has 2 heterocycles. The molecule has 2 aromatic carbocycles. The molecule has 1 aliphatic rings. The number of primary sulfonamides is 1. The Hall–Kier alpha value is -3.31. The molecule has 162 valence electrons. The summed E-state index contributed by atoms with van der Waals surface area (Å²) in [6.45, 7) is 0.354. The van der Waals surface area contributed by atoms with E-state index in [9.17, 15) is 17.2 Å². The second kappa shape index (κ2) is 7.75. The zero-order valence-corrected chi connectivity index (χ0v) is 17.6. The van der Waals surface area contributed by atoms with Crippen LogP contribution >= 0.6 is 0 Å². The first-order valence-corrected chi connectivity index (χ1v) is 10.8. The van der Waals surface area contributed by atoms with Gasteiger partial charge in [-0.2, -0.15) is 4.98 Å². The van der Waals surface area contributed by atoms with Gasteiger partial charge in [0.1, 0.15) is 11.6 Å². The second-order valence-electron chi connectivity index (χ2n) is 7.24. The molecule has 0 amide bonds. The Morgan fingerprint density at radius 1 is 1.10 bits per heavy atom. The fourth-order valence-electron chi connectivity index (χ4n) is 3.55. The number of nitrogens with zero attached hydrogens (tertiary/aromatic N) is 4. The number of nitrogens with two attached hydrogens (primary N) is 1.